The molecule has 0 saturated carbocycles. The highest BCUT2D eigenvalue weighted by atomic mass is 16.6. The first-order chi connectivity index (χ1) is 8.17. The molecule has 0 spiro atoms. The fraction of sp³-hybridized carbons (Fsp3) is 0.100. The van der Waals surface area contributed by atoms with Crippen molar-refractivity contribution in [1.29, 1.82) is 0 Å². The van der Waals surface area contributed by atoms with Crippen molar-refractivity contribution in [3.05, 3.63) is 49.9 Å². The highest BCUT2D eigenvalue weighted by molar-refractivity contribution is 5.77. The summed E-state index contributed by atoms with van der Waals surface area (Å²) in [5, 5.41) is 13.8. The third-order valence-electron chi connectivity index (χ3n) is 1.73. The number of benzene rings is 1. The highest BCUT2D eigenvalue weighted by Gasteiger charge is 2.08. The summed E-state index contributed by atoms with van der Waals surface area (Å²) >= 11 is 0. The van der Waals surface area contributed by atoms with Crippen molar-refractivity contribution >= 4 is 12.0 Å². The second-order valence-corrected chi connectivity index (χ2v) is 2.88. The summed E-state index contributed by atoms with van der Waals surface area (Å²) in [6, 6.07) is 3.82. The minimum Gasteiger partial charge on any atom is -0.298 e. The lowest BCUT2D eigenvalue weighted by Gasteiger charge is -1.95. The van der Waals surface area contributed by atoms with Crippen molar-refractivity contribution in [2.24, 2.45) is 5.11 Å². The molecule has 1 aromatic rings. The summed E-state index contributed by atoms with van der Waals surface area (Å²) in [6.45, 7) is -0.0321. The van der Waals surface area contributed by atoms with Crippen LogP contribution >= 0.6 is 0 Å². The molecule has 17 heavy (non-hydrogen) atoms. The van der Waals surface area contributed by atoms with Crippen molar-refractivity contribution in [3.63, 3.8) is 0 Å². The zero-order chi connectivity index (χ0) is 12.7. The van der Waals surface area contributed by atoms with Crippen LogP contribution in [0.2, 0.25) is 0 Å². The van der Waals surface area contributed by atoms with Crippen LogP contribution in [0.15, 0.2) is 23.3 Å². The number of rotatable bonds is 3. The van der Waals surface area contributed by atoms with E-state index >= 15 is 0 Å². The summed E-state index contributed by atoms with van der Waals surface area (Å²) in [5.41, 5.74) is 8.31. The summed E-state index contributed by atoms with van der Waals surface area (Å²) in [5.74, 6) is 5.08. The van der Waals surface area contributed by atoms with E-state index < -0.39 is 4.92 Å². The zero-order valence-corrected chi connectivity index (χ0v) is 8.53. The first kappa shape index (κ1) is 12.2. The Kier molecular flexibility index (Phi) is 4.25. The number of nitro benzene ring substituents is 1. The number of azide groups is 1. The van der Waals surface area contributed by atoms with Crippen LogP contribution in [0.4, 0.5) is 5.69 Å². The molecule has 0 aliphatic carbocycles. The maximum atomic E-state index is 10.6. The zero-order valence-electron chi connectivity index (χ0n) is 8.53. The van der Waals surface area contributed by atoms with Crippen LogP contribution in [-0.4, -0.2) is 17.8 Å². The summed E-state index contributed by atoms with van der Waals surface area (Å²) in [7, 11) is 0. The maximum absolute atomic E-state index is 10.6. The minimum absolute atomic E-state index is 0.0321. The van der Waals surface area contributed by atoms with Crippen LogP contribution in [0.1, 0.15) is 15.9 Å². The number of aldehydes is 1. The van der Waals surface area contributed by atoms with Gasteiger partial charge in [0.15, 0.2) is 0 Å². The molecule has 0 N–H and O–H groups in total. The van der Waals surface area contributed by atoms with E-state index in [1.807, 2.05) is 0 Å². The molecule has 7 nitrogen and oxygen atoms in total. The fourth-order valence-electron chi connectivity index (χ4n) is 1.09. The van der Waals surface area contributed by atoms with Gasteiger partial charge in [0.1, 0.15) is 6.29 Å². The van der Waals surface area contributed by atoms with Crippen molar-refractivity contribution in [1.82, 2.24) is 0 Å². The largest absolute Gasteiger partial charge is 0.298 e. The second kappa shape index (κ2) is 5.90. The van der Waals surface area contributed by atoms with Gasteiger partial charge in [-0.25, -0.2) is 0 Å². The molecule has 0 unspecified atom stereocenters. The molecule has 0 bridgehead atoms. The van der Waals surface area contributed by atoms with E-state index in [-0.39, 0.29) is 17.8 Å². The first-order valence-corrected chi connectivity index (χ1v) is 4.41. The van der Waals surface area contributed by atoms with Gasteiger partial charge in [0.05, 0.1) is 11.5 Å². The summed E-state index contributed by atoms with van der Waals surface area (Å²) < 4.78 is 0. The third kappa shape index (κ3) is 3.66. The molecule has 0 aliphatic heterocycles. The molecule has 0 atom stereocenters. The predicted molar refractivity (Wildman–Crippen MR) is 59.4 cm³/mol. The van der Waals surface area contributed by atoms with Gasteiger partial charge in [-0.3, -0.25) is 14.9 Å². The van der Waals surface area contributed by atoms with Crippen molar-refractivity contribution in [2.45, 2.75) is 0 Å². The van der Waals surface area contributed by atoms with Crippen LogP contribution in [0.5, 0.6) is 0 Å². The first-order valence-electron chi connectivity index (χ1n) is 4.41. The number of nitrogens with zero attached hydrogens (tertiary/aromatic N) is 4. The van der Waals surface area contributed by atoms with Crippen LogP contribution in [0.25, 0.3) is 10.4 Å². The van der Waals surface area contributed by atoms with E-state index in [2.05, 4.69) is 21.9 Å². The van der Waals surface area contributed by atoms with E-state index in [1.165, 1.54) is 12.1 Å². The van der Waals surface area contributed by atoms with Gasteiger partial charge in [0.2, 0.25) is 0 Å². The number of hydrogen-bond acceptors (Lipinski definition) is 4. The summed E-state index contributed by atoms with van der Waals surface area (Å²) in [4.78, 5) is 23.0. The molecule has 0 saturated heterocycles. The molecule has 0 fully saturated rings. The SMILES string of the molecule is [N-]=[N+]=NCC#Cc1cc(C=O)cc([N+](=O)[O-])c1. The smallest absolute Gasteiger partial charge is 0.271 e. The van der Waals surface area contributed by atoms with Gasteiger partial charge in [-0.1, -0.05) is 17.0 Å². The quantitative estimate of drug-likeness (QED) is 0.151. The monoisotopic (exact) mass is 230 g/mol. The second-order valence-electron chi connectivity index (χ2n) is 2.88. The number of carbonyl (C=O) groups excluding carboxylic acids is 1. The Hall–Kier alpha value is -2.84. The Morgan fingerprint density at radius 1 is 1.53 bits per heavy atom. The van der Waals surface area contributed by atoms with Gasteiger partial charge in [0, 0.05) is 28.2 Å². The van der Waals surface area contributed by atoms with Crippen LogP contribution in [-0.2, 0) is 0 Å². The number of nitro groups is 1. The standard InChI is InChI=1S/C10H6N4O3/c11-13-12-3-1-2-8-4-9(7-15)6-10(5-8)14(16)17/h4-7H,3H2. The molecule has 1 aromatic carbocycles. The molecular weight excluding hydrogens is 224 g/mol. The fourth-order valence-corrected chi connectivity index (χ4v) is 1.09. The van der Waals surface area contributed by atoms with E-state index in [0.29, 0.717) is 11.8 Å². The van der Waals surface area contributed by atoms with E-state index in [1.54, 1.807) is 0 Å². The van der Waals surface area contributed by atoms with Gasteiger partial charge >= 0.3 is 0 Å². The molecule has 84 valence electrons. The molecule has 7 heteroatoms. The van der Waals surface area contributed by atoms with E-state index in [9.17, 15) is 14.9 Å². The molecular formula is C10H6N4O3. The molecule has 0 amide bonds. The number of carbonyl (C=O) groups is 1. The Balaban J connectivity index is 3.09. The van der Waals surface area contributed by atoms with Gasteiger partial charge < -0.3 is 0 Å². The summed E-state index contributed by atoms with van der Waals surface area (Å²) in [6.07, 6.45) is 0.506. The lowest BCUT2D eigenvalue weighted by atomic mass is 10.1. The molecule has 0 aliphatic rings. The van der Waals surface area contributed by atoms with E-state index in [0.717, 1.165) is 6.07 Å². The third-order valence-corrected chi connectivity index (χ3v) is 1.73. The number of non-ortho nitro benzene ring substituents is 1. The average Bonchev–Trinajstić information content (AvgIpc) is 2.34. The molecule has 1 rings (SSSR count). The predicted octanol–water partition coefficient (Wildman–Crippen LogP) is 2.07. The average molecular weight is 230 g/mol. The Bertz CT molecular complexity index is 565. The normalized spacial score (nSPS) is 8.47. The minimum atomic E-state index is -0.606. The van der Waals surface area contributed by atoms with Gasteiger partial charge in [0.25, 0.3) is 5.69 Å². The van der Waals surface area contributed by atoms with Gasteiger partial charge in [-0.2, -0.15) is 0 Å². The van der Waals surface area contributed by atoms with Crippen molar-refractivity contribution < 1.29 is 9.72 Å². The lowest BCUT2D eigenvalue weighted by Crippen LogP contribution is -1.92. The van der Waals surface area contributed by atoms with Crippen molar-refractivity contribution in [3.8, 4) is 11.8 Å². The highest BCUT2D eigenvalue weighted by Crippen LogP contribution is 2.15. The Labute approximate surface area is 95.8 Å². The topological polar surface area (TPSA) is 109 Å². The van der Waals surface area contributed by atoms with E-state index in [4.69, 9.17) is 5.53 Å². The van der Waals surface area contributed by atoms with Gasteiger partial charge in [-0.05, 0) is 11.6 Å². The maximum Gasteiger partial charge on any atom is 0.271 e. The van der Waals surface area contributed by atoms with Crippen LogP contribution in [0.3, 0.4) is 0 Å². The number of hydrogen-bond donors (Lipinski definition) is 0. The van der Waals surface area contributed by atoms with Crippen molar-refractivity contribution in [2.75, 3.05) is 6.54 Å². The molecule has 0 heterocycles. The Morgan fingerprint density at radius 3 is 2.88 bits per heavy atom. The lowest BCUT2D eigenvalue weighted by molar-refractivity contribution is -0.384. The van der Waals surface area contributed by atoms with Gasteiger partial charge in [-0.15, -0.1) is 0 Å². The Morgan fingerprint density at radius 2 is 2.29 bits per heavy atom. The van der Waals surface area contributed by atoms with Crippen LogP contribution in [0, 0.1) is 22.0 Å². The molecule has 0 radical (unpaired) electrons. The molecule has 0 aromatic heterocycles. The van der Waals surface area contributed by atoms with Crippen LogP contribution < -0.4 is 0 Å².